The summed E-state index contributed by atoms with van der Waals surface area (Å²) < 4.78 is 2.34. The molecule has 0 saturated carbocycles. The zero-order valence-corrected chi connectivity index (χ0v) is 19.9. The topological polar surface area (TPSA) is 105 Å². The van der Waals surface area contributed by atoms with E-state index >= 15 is 0 Å². The van der Waals surface area contributed by atoms with Crippen LogP contribution in [0.4, 0.5) is 0 Å². The summed E-state index contributed by atoms with van der Waals surface area (Å²) in [4.78, 5) is 9.90. The highest BCUT2D eigenvalue weighted by Crippen LogP contribution is 2.40. The number of benzene rings is 2. The Hall–Kier alpha value is -3.91. The van der Waals surface area contributed by atoms with Crippen molar-refractivity contribution in [1.82, 2.24) is 35.2 Å². The average Bonchev–Trinajstić information content (AvgIpc) is 3.62. The molecule has 0 spiro atoms. The minimum atomic E-state index is 0.0904. The molecule has 0 saturated heterocycles. The van der Waals surface area contributed by atoms with E-state index in [1.54, 1.807) is 0 Å². The lowest BCUT2D eigenvalue weighted by Gasteiger charge is -2.18. The van der Waals surface area contributed by atoms with Gasteiger partial charge in [-0.15, -0.1) is 10.2 Å². The number of aliphatic hydroxyl groups is 1. The number of aliphatic hydroxyl groups excluding tert-OH is 1. The number of pyridine rings is 1. The van der Waals surface area contributed by atoms with Crippen molar-refractivity contribution in [3.8, 4) is 22.5 Å². The van der Waals surface area contributed by atoms with Gasteiger partial charge in [0, 0.05) is 30.7 Å². The lowest BCUT2D eigenvalue weighted by molar-refractivity contribution is 0.298. The number of aromatic nitrogens is 7. The number of fused-ring (bicyclic) bond motifs is 2. The van der Waals surface area contributed by atoms with Gasteiger partial charge in [-0.25, -0.2) is 9.97 Å². The van der Waals surface area contributed by atoms with Crippen LogP contribution in [0.1, 0.15) is 47.6 Å². The van der Waals surface area contributed by atoms with Crippen LogP contribution in [0.5, 0.6) is 0 Å². The van der Waals surface area contributed by atoms with Crippen LogP contribution in [0.3, 0.4) is 0 Å². The summed E-state index contributed by atoms with van der Waals surface area (Å²) >= 11 is 0. The zero-order chi connectivity index (χ0) is 23.9. The van der Waals surface area contributed by atoms with Crippen molar-refractivity contribution in [2.45, 2.75) is 45.6 Å². The first kappa shape index (κ1) is 21.6. The molecule has 176 valence electrons. The molecule has 8 heteroatoms. The van der Waals surface area contributed by atoms with Crippen LogP contribution in [-0.2, 0) is 19.3 Å². The quantitative estimate of drug-likeness (QED) is 0.389. The number of rotatable bonds is 6. The number of tetrazole rings is 1. The van der Waals surface area contributed by atoms with Crippen LogP contribution in [0.15, 0.2) is 48.5 Å². The van der Waals surface area contributed by atoms with Gasteiger partial charge in [-0.3, -0.25) is 0 Å². The maximum Gasteiger partial charge on any atom is 0.205 e. The molecule has 1 atom stereocenters. The van der Waals surface area contributed by atoms with Gasteiger partial charge in [0.1, 0.15) is 11.3 Å². The first-order valence-corrected chi connectivity index (χ1v) is 12.1. The Labute approximate surface area is 203 Å². The van der Waals surface area contributed by atoms with E-state index in [-0.39, 0.29) is 12.6 Å². The van der Waals surface area contributed by atoms with Crippen LogP contribution in [0.2, 0.25) is 0 Å². The van der Waals surface area contributed by atoms with Crippen molar-refractivity contribution in [2.24, 2.45) is 0 Å². The third-order valence-electron chi connectivity index (χ3n) is 6.97. The Kier molecular flexibility index (Phi) is 5.37. The molecule has 3 aromatic heterocycles. The van der Waals surface area contributed by atoms with Crippen molar-refractivity contribution in [3.63, 3.8) is 0 Å². The highest BCUT2D eigenvalue weighted by Gasteiger charge is 2.29. The molecular weight excluding hydrogens is 438 g/mol. The molecule has 1 aliphatic rings. The molecule has 1 aliphatic carbocycles. The van der Waals surface area contributed by atoms with E-state index in [0.29, 0.717) is 12.2 Å². The van der Waals surface area contributed by atoms with Gasteiger partial charge in [0.05, 0.1) is 6.04 Å². The van der Waals surface area contributed by atoms with Gasteiger partial charge in [0.2, 0.25) is 5.82 Å². The zero-order valence-electron chi connectivity index (χ0n) is 19.9. The van der Waals surface area contributed by atoms with Crippen LogP contribution < -0.4 is 0 Å². The fourth-order valence-corrected chi connectivity index (χ4v) is 5.38. The van der Waals surface area contributed by atoms with Crippen molar-refractivity contribution >= 4 is 11.2 Å². The van der Waals surface area contributed by atoms with Gasteiger partial charge in [0.25, 0.3) is 0 Å². The Morgan fingerprint density at radius 3 is 2.71 bits per heavy atom. The molecule has 6 rings (SSSR count). The van der Waals surface area contributed by atoms with Gasteiger partial charge < -0.3 is 9.67 Å². The van der Waals surface area contributed by atoms with Gasteiger partial charge in [-0.05, 0) is 58.9 Å². The van der Waals surface area contributed by atoms with Crippen molar-refractivity contribution in [2.75, 3.05) is 6.61 Å². The molecule has 0 unspecified atom stereocenters. The SMILES string of the molecule is CCc1nc2c(C)cc(CCO)nc2n1[C@@H]1CCc2cc(-c3ccccc3-c3nn[nH]n3)ccc21. The van der Waals surface area contributed by atoms with E-state index in [0.717, 1.165) is 64.2 Å². The summed E-state index contributed by atoms with van der Waals surface area (Å²) in [6.07, 6.45) is 3.39. The minimum absolute atomic E-state index is 0.0904. The second kappa shape index (κ2) is 8.70. The first-order chi connectivity index (χ1) is 17.2. The first-order valence-electron chi connectivity index (χ1n) is 12.1. The molecule has 0 bridgehead atoms. The smallest absolute Gasteiger partial charge is 0.205 e. The number of H-pyrrole nitrogens is 1. The predicted octanol–water partition coefficient (Wildman–Crippen LogP) is 4.22. The monoisotopic (exact) mass is 465 g/mol. The highest BCUT2D eigenvalue weighted by molar-refractivity contribution is 5.81. The molecule has 3 heterocycles. The average molecular weight is 466 g/mol. The molecule has 5 aromatic rings. The predicted molar refractivity (Wildman–Crippen MR) is 134 cm³/mol. The lowest BCUT2D eigenvalue weighted by Crippen LogP contribution is -2.12. The molecule has 0 aliphatic heterocycles. The standard InChI is InChI=1S/C27H27N7O/c1-3-24-29-25-16(2)14-19(12-13-35)28-27(25)34(24)23-11-9-18-15-17(8-10-21(18)23)20-6-4-5-7-22(20)26-30-32-33-31-26/h4-8,10,14-15,23,35H,3,9,11-13H2,1-2H3,(H,30,31,32,33)/t23-/m1/s1. The van der Waals surface area contributed by atoms with Crippen LogP contribution >= 0.6 is 0 Å². The van der Waals surface area contributed by atoms with E-state index < -0.39 is 0 Å². The molecule has 2 aromatic carbocycles. The van der Waals surface area contributed by atoms with E-state index in [9.17, 15) is 5.11 Å². The molecule has 35 heavy (non-hydrogen) atoms. The second-order valence-electron chi connectivity index (χ2n) is 9.08. The summed E-state index contributed by atoms with van der Waals surface area (Å²) in [5, 5.41) is 24.1. The van der Waals surface area contributed by atoms with Gasteiger partial charge in [-0.2, -0.15) is 5.21 Å². The number of nitrogens with one attached hydrogen (secondary N) is 1. The Bertz CT molecular complexity index is 1520. The molecule has 0 amide bonds. The Morgan fingerprint density at radius 1 is 1.09 bits per heavy atom. The normalized spacial score (nSPS) is 15.1. The molecule has 2 N–H and O–H groups in total. The van der Waals surface area contributed by atoms with Crippen LogP contribution in [0, 0.1) is 6.92 Å². The lowest BCUT2D eigenvalue weighted by atomic mass is 9.96. The largest absolute Gasteiger partial charge is 0.396 e. The number of aryl methyl sites for hydroxylation is 3. The second-order valence-corrected chi connectivity index (χ2v) is 9.08. The van der Waals surface area contributed by atoms with Gasteiger partial charge in [-0.1, -0.05) is 49.4 Å². The van der Waals surface area contributed by atoms with E-state index in [1.165, 1.54) is 11.1 Å². The summed E-state index contributed by atoms with van der Waals surface area (Å²) in [6, 6.07) is 17.2. The summed E-state index contributed by atoms with van der Waals surface area (Å²) in [5.41, 5.74) is 9.78. The highest BCUT2D eigenvalue weighted by atomic mass is 16.3. The number of hydrogen-bond donors (Lipinski definition) is 2. The maximum atomic E-state index is 9.47. The van der Waals surface area contributed by atoms with Gasteiger partial charge in [0.15, 0.2) is 5.65 Å². The van der Waals surface area contributed by atoms with E-state index in [4.69, 9.17) is 9.97 Å². The number of imidazole rings is 1. The van der Waals surface area contributed by atoms with Crippen LogP contribution in [-0.4, -0.2) is 46.9 Å². The molecule has 0 fully saturated rings. The van der Waals surface area contributed by atoms with Crippen molar-refractivity contribution in [3.05, 3.63) is 76.7 Å². The minimum Gasteiger partial charge on any atom is -0.396 e. The third kappa shape index (κ3) is 3.61. The third-order valence-corrected chi connectivity index (χ3v) is 6.97. The molecule has 0 radical (unpaired) electrons. The Morgan fingerprint density at radius 2 is 1.94 bits per heavy atom. The van der Waals surface area contributed by atoms with Gasteiger partial charge >= 0.3 is 0 Å². The van der Waals surface area contributed by atoms with E-state index in [2.05, 4.69) is 63.3 Å². The summed E-state index contributed by atoms with van der Waals surface area (Å²) in [7, 11) is 0. The fraction of sp³-hybridized carbons (Fsp3) is 0.296. The fourth-order valence-electron chi connectivity index (χ4n) is 5.38. The number of nitrogens with zero attached hydrogens (tertiary/aromatic N) is 6. The van der Waals surface area contributed by atoms with E-state index in [1.807, 2.05) is 24.3 Å². The Balaban J connectivity index is 1.44. The van der Waals surface area contributed by atoms with Crippen molar-refractivity contribution in [1.29, 1.82) is 0 Å². The van der Waals surface area contributed by atoms with Crippen LogP contribution in [0.25, 0.3) is 33.7 Å². The summed E-state index contributed by atoms with van der Waals surface area (Å²) in [6.45, 7) is 4.32. The molecular formula is C27H27N7O. The number of hydrogen-bond acceptors (Lipinski definition) is 6. The molecule has 8 nitrogen and oxygen atoms in total. The summed E-state index contributed by atoms with van der Waals surface area (Å²) in [5.74, 6) is 1.65. The van der Waals surface area contributed by atoms with Crippen molar-refractivity contribution < 1.29 is 5.11 Å². The maximum absolute atomic E-state index is 9.47. The number of aromatic amines is 1.